The van der Waals surface area contributed by atoms with E-state index in [1.807, 2.05) is 43.0 Å². The molecule has 2 rings (SSSR count). The molecule has 5 heteroatoms. The van der Waals surface area contributed by atoms with Crippen LogP contribution in [-0.4, -0.2) is 33.0 Å². The van der Waals surface area contributed by atoms with E-state index in [2.05, 4.69) is 15.4 Å². The van der Waals surface area contributed by atoms with Crippen LogP contribution in [0.5, 0.6) is 0 Å². The van der Waals surface area contributed by atoms with Gasteiger partial charge in [-0.3, -0.25) is 9.67 Å². The van der Waals surface area contributed by atoms with Crippen molar-refractivity contribution in [3.8, 4) is 0 Å². The van der Waals surface area contributed by atoms with Crippen LogP contribution < -0.4 is 5.32 Å². The van der Waals surface area contributed by atoms with Crippen molar-refractivity contribution in [2.45, 2.75) is 19.8 Å². The second-order valence-electron chi connectivity index (χ2n) is 4.54. The molecule has 0 radical (unpaired) electrons. The number of nitrogens with zero attached hydrogens (tertiary/aromatic N) is 3. The smallest absolute Gasteiger partial charge is 0.0756 e. The van der Waals surface area contributed by atoms with Crippen LogP contribution in [-0.2, 0) is 19.9 Å². The van der Waals surface area contributed by atoms with E-state index in [1.54, 1.807) is 0 Å². The van der Waals surface area contributed by atoms with E-state index >= 15 is 0 Å². The summed E-state index contributed by atoms with van der Waals surface area (Å²) in [4.78, 5) is 4.50. The van der Waals surface area contributed by atoms with Crippen LogP contribution in [0.2, 0.25) is 0 Å². The Labute approximate surface area is 113 Å². The summed E-state index contributed by atoms with van der Waals surface area (Å²) in [5, 5.41) is 16.5. The molecule has 0 spiro atoms. The Morgan fingerprint density at radius 3 is 2.63 bits per heavy atom. The molecule has 0 aliphatic rings. The molecule has 2 aromatic heterocycles. The first-order chi connectivity index (χ1) is 9.20. The highest BCUT2D eigenvalue weighted by Crippen LogP contribution is 2.12. The average molecular weight is 260 g/mol. The average Bonchev–Trinajstić information content (AvgIpc) is 2.72. The fraction of sp³-hybridized carbons (Fsp3) is 0.429. The Kier molecular flexibility index (Phi) is 4.52. The Balaban J connectivity index is 1.88. The van der Waals surface area contributed by atoms with Gasteiger partial charge in [0.05, 0.1) is 17.6 Å². The van der Waals surface area contributed by atoms with Gasteiger partial charge in [0.25, 0.3) is 0 Å². The fourth-order valence-electron chi connectivity index (χ4n) is 1.92. The highest BCUT2D eigenvalue weighted by atomic mass is 16.3. The highest BCUT2D eigenvalue weighted by molar-refractivity contribution is 5.45. The molecule has 0 bridgehead atoms. The molecule has 0 fully saturated rings. The van der Waals surface area contributed by atoms with Gasteiger partial charge in [0, 0.05) is 44.4 Å². The Morgan fingerprint density at radius 1 is 1.26 bits per heavy atom. The monoisotopic (exact) mass is 260 g/mol. The van der Waals surface area contributed by atoms with Gasteiger partial charge in [-0.1, -0.05) is 6.07 Å². The number of pyridine rings is 1. The number of aromatic nitrogens is 3. The van der Waals surface area contributed by atoms with Gasteiger partial charge < -0.3 is 10.4 Å². The van der Waals surface area contributed by atoms with Gasteiger partial charge in [0.1, 0.15) is 0 Å². The van der Waals surface area contributed by atoms with Crippen molar-refractivity contribution in [2.24, 2.45) is 7.05 Å². The minimum absolute atomic E-state index is 0.142. The maximum absolute atomic E-state index is 8.91. The Morgan fingerprint density at radius 2 is 2.00 bits per heavy atom. The summed E-state index contributed by atoms with van der Waals surface area (Å²) >= 11 is 0. The lowest BCUT2D eigenvalue weighted by atomic mass is 10.2. The lowest BCUT2D eigenvalue weighted by Gasteiger charge is -2.06. The summed E-state index contributed by atoms with van der Waals surface area (Å²) in [5.74, 6) is 0. The number of nitrogens with one attached hydrogen (secondary N) is 1. The van der Waals surface area contributed by atoms with Crippen LogP contribution in [0.1, 0.15) is 17.1 Å². The predicted octanol–water partition coefficient (Wildman–Crippen LogP) is 1.31. The first-order valence-electron chi connectivity index (χ1n) is 6.49. The molecular weight excluding hydrogens is 240 g/mol. The maximum Gasteiger partial charge on any atom is 0.0756 e. The Bertz CT molecular complexity index is 536. The van der Waals surface area contributed by atoms with Crippen LogP contribution in [0.4, 0.5) is 5.69 Å². The van der Waals surface area contributed by atoms with Crippen LogP contribution in [0.25, 0.3) is 0 Å². The quantitative estimate of drug-likeness (QED) is 0.822. The SMILES string of the molecule is Cc1c(NCCc2cccc(CCO)n2)cnn1C. The van der Waals surface area contributed by atoms with Crippen molar-refractivity contribution in [3.05, 3.63) is 41.5 Å². The first-order valence-corrected chi connectivity index (χ1v) is 6.49. The molecule has 19 heavy (non-hydrogen) atoms. The van der Waals surface area contributed by atoms with E-state index in [0.29, 0.717) is 6.42 Å². The molecule has 0 saturated heterocycles. The van der Waals surface area contributed by atoms with Gasteiger partial charge in [-0.25, -0.2) is 0 Å². The molecule has 0 amide bonds. The molecule has 0 aliphatic carbocycles. The predicted molar refractivity (Wildman–Crippen MR) is 75.2 cm³/mol. The van der Waals surface area contributed by atoms with Gasteiger partial charge in [-0.15, -0.1) is 0 Å². The van der Waals surface area contributed by atoms with Crippen LogP contribution in [0, 0.1) is 6.92 Å². The van der Waals surface area contributed by atoms with Gasteiger partial charge in [0.15, 0.2) is 0 Å². The third-order valence-electron chi connectivity index (χ3n) is 3.16. The van der Waals surface area contributed by atoms with Crippen molar-refractivity contribution in [1.82, 2.24) is 14.8 Å². The molecule has 102 valence electrons. The molecule has 0 atom stereocenters. The normalized spacial score (nSPS) is 10.7. The van der Waals surface area contributed by atoms with E-state index < -0.39 is 0 Å². The third-order valence-corrected chi connectivity index (χ3v) is 3.16. The molecule has 2 aromatic rings. The van der Waals surface area contributed by atoms with Gasteiger partial charge in [0.2, 0.25) is 0 Å². The largest absolute Gasteiger partial charge is 0.396 e. The number of rotatable bonds is 6. The number of hydrogen-bond acceptors (Lipinski definition) is 4. The standard InChI is InChI=1S/C14H20N4O/c1-11-14(10-16-18(11)2)15-8-6-12-4-3-5-13(17-12)7-9-19/h3-5,10,15,19H,6-9H2,1-2H3. The maximum atomic E-state index is 8.91. The molecule has 0 aromatic carbocycles. The van der Waals surface area contributed by atoms with Crippen LogP contribution in [0.15, 0.2) is 24.4 Å². The number of aryl methyl sites for hydroxylation is 1. The van der Waals surface area contributed by atoms with Crippen LogP contribution in [0.3, 0.4) is 0 Å². The zero-order valence-corrected chi connectivity index (χ0v) is 11.4. The molecule has 0 aliphatic heterocycles. The molecular formula is C14H20N4O. The van der Waals surface area contributed by atoms with Gasteiger partial charge in [-0.2, -0.15) is 5.10 Å². The summed E-state index contributed by atoms with van der Waals surface area (Å²) < 4.78 is 1.85. The summed E-state index contributed by atoms with van der Waals surface area (Å²) in [6.45, 7) is 3.00. The zero-order chi connectivity index (χ0) is 13.7. The second kappa shape index (κ2) is 6.33. The van der Waals surface area contributed by atoms with Crippen molar-refractivity contribution < 1.29 is 5.11 Å². The summed E-state index contributed by atoms with van der Waals surface area (Å²) in [6.07, 6.45) is 3.31. The van der Waals surface area contributed by atoms with E-state index in [0.717, 1.165) is 35.7 Å². The lowest BCUT2D eigenvalue weighted by Crippen LogP contribution is -2.08. The molecule has 0 saturated carbocycles. The third kappa shape index (κ3) is 3.54. The molecule has 2 heterocycles. The summed E-state index contributed by atoms with van der Waals surface area (Å²) in [5.41, 5.74) is 4.17. The minimum atomic E-state index is 0.142. The van der Waals surface area contributed by atoms with Crippen molar-refractivity contribution >= 4 is 5.69 Å². The topological polar surface area (TPSA) is 63.0 Å². The summed E-state index contributed by atoms with van der Waals surface area (Å²) in [7, 11) is 1.93. The number of aliphatic hydroxyl groups excluding tert-OH is 1. The zero-order valence-electron chi connectivity index (χ0n) is 11.4. The first kappa shape index (κ1) is 13.5. The van der Waals surface area contributed by atoms with E-state index in [9.17, 15) is 0 Å². The summed E-state index contributed by atoms with van der Waals surface area (Å²) in [6, 6.07) is 5.94. The van der Waals surface area contributed by atoms with Crippen molar-refractivity contribution in [1.29, 1.82) is 0 Å². The fourth-order valence-corrected chi connectivity index (χ4v) is 1.92. The number of aliphatic hydroxyl groups is 1. The minimum Gasteiger partial charge on any atom is -0.396 e. The molecule has 5 nitrogen and oxygen atoms in total. The van der Waals surface area contributed by atoms with Gasteiger partial charge >= 0.3 is 0 Å². The van der Waals surface area contributed by atoms with Crippen molar-refractivity contribution in [2.75, 3.05) is 18.5 Å². The lowest BCUT2D eigenvalue weighted by molar-refractivity contribution is 0.298. The second-order valence-corrected chi connectivity index (χ2v) is 4.54. The Hall–Kier alpha value is -1.88. The van der Waals surface area contributed by atoms with E-state index in [-0.39, 0.29) is 6.61 Å². The van der Waals surface area contributed by atoms with Crippen molar-refractivity contribution in [3.63, 3.8) is 0 Å². The van der Waals surface area contributed by atoms with Crippen LogP contribution >= 0.6 is 0 Å². The molecule has 0 unspecified atom stereocenters. The number of anilines is 1. The highest BCUT2D eigenvalue weighted by Gasteiger charge is 2.03. The molecule has 2 N–H and O–H groups in total. The van der Waals surface area contributed by atoms with Gasteiger partial charge in [-0.05, 0) is 19.1 Å². The van der Waals surface area contributed by atoms with E-state index in [1.165, 1.54) is 0 Å². The number of hydrogen-bond donors (Lipinski definition) is 2. The van der Waals surface area contributed by atoms with E-state index in [4.69, 9.17) is 5.11 Å².